The number of benzene rings is 11. The van der Waals surface area contributed by atoms with E-state index in [-0.39, 0.29) is 0 Å². The van der Waals surface area contributed by atoms with Crippen molar-refractivity contribution >= 4 is 71.6 Å². The smallest absolute Gasteiger partial charge is 0.136 e. The zero-order chi connectivity index (χ0) is 44.3. The molecule has 0 radical (unpaired) electrons. The van der Waals surface area contributed by atoms with Gasteiger partial charge in [0.15, 0.2) is 0 Å². The van der Waals surface area contributed by atoms with E-state index in [4.69, 9.17) is 4.42 Å². The second-order valence-corrected chi connectivity index (χ2v) is 17.2. The minimum absolute atomic E-state index is 0.881. The van der Waals surface area contributed by atoms with Gasteiger partial charge in [0.2, 0.25) is 0 Å². The van der Waals surface area contributed by atoms with Crippen LogP contribution < -0.4 is 4.90 Å². The largest absolute Gasteiger partial charge is 0.456 e. The van der Waals surface area contributed by atoms with Gasteiger partial charge in [-0.05, 0) is 123 Å². The number of hydrogen-bond donors (Lipinski definition) is 0. The van der Waals surface area contributed by atoms with Crippen molar-refractivity contribution in [3.05, 3.63) is 255 Å². The molecule has 3 nitrogen and oxygen atoms in total. The summed E-state index contributed by atoms with van der Waals surface area (Å²) in [6.07, 6.45) is 0. The van der Waals surface area contributed by atoms with Gasteiger partial charge in [-0.25, -0.2) is 0 Å². The van der Waals surface area contributed by atoms with Gasteiger partial charge < -0.3 is 13.9 Å². The lowest BCUT2D eigenvalue weighted by Gasteiger charge is -2.29. The fraction of sp³-hybridized carbons (Fsp3) is 0. The summed E-state index contributed by atoms with van der Waals surface area (Å²) in [6.45, 7) is 0. The lowest BCUT2D eigenvalue weighted by molar-refractivity contribution is 0.669. The summed E-state index contributed by atoms with van der Waals surface area (Å²) in [7, 11) is 0. The van der Waals surface area contributed by atoms with Crippen molar-refractivity contribution in [1.29, 1.82) is 0 Å². The van der Waals surface area contributed by atoms with Gasteiger partial charge in [0, 0.05) is 44.2 Å². The van der Waals surface area contributed by atoms with Crippen LogP contribution in [0.3, 0.4) is 0 Å². The Bertz CT molecular complexity index is 3990. The molecule has 13 rings (SSSR count). The summed E-state index contributed by atoms with van der Waals surface area (Å²) >= 11 is 0. The van der Waals surface area contributed by atoms with Gasteiger partial charge in [0.05, 0.1) is 16.7 Å². The van der Waals surface area contributed by atoms with Crippen LogP contribution in [-0.4, -0.2) is 4.57 Å². The molecule has 2 aromatic heterocycles. The lowest BCUT2D eigenvalue weighted by atomic mass is 9.90. The summed E-state index contributed by atoms with van der Waals surface area (Å²) in [6, 6.07) is 92.1. The van der Waals surface area contributed by atoms with Crippen molar-refractivity contribution in [2.75, 3.05) is 4.90 Å². The van der Waals surface area contributed by atoms with Crippen molar-refractivity contribution in [2.24, 2.45) is 0 Å². The number of rotatable bonds is 8. The predicted octanol–water partition coefficient (Wildman–Crippen LogP) is 18.0. The van der Waals surface area contributed by atoms with Crippen molar-refractivity contribution < 1.29 is 4.42 Å². The highest BCUT2D eigenvalue weighted by Gasteiger charge is 2.22. The number of fused-ring (bicyclic) bond motifs is 7. The minimum atomic E-state index is 0.881. The molecule has 0 saturated heterocycles. The average Bonchev–Trinajstić information content (AvgIpc) is 3.95. The number of aromatic nitrogens is 1. The third kappa shape index (κ3) is 6.51. The molecule has 0 atom stereocenters. The van der Waals surface area contributed by atoms with Crippen LogP contribution in [0.5, 0.6) is 0 Å². The van der Waals surface area contributed by atoms with Gasteiger partial charge in [0.1, 0.15) is 11.2 Å². The van der Waals surface area contributed by atoms with E-state index in [0.29, 0.717) is 0 Å². The number of anilines is 3. The van der Waals surface area contributed by atoms with Crippen LogP contribution in [0.1, 0.15) is 0 Å². The van der Waals surface area contributed by atoms with Gasteiger partial charge in [-0.2, -0.15) is 0 Å². The molecule has 13 aromatic rings. The van der Waals surface area contributed by atoms with Crippen LogP contribution in [-0.2, 0) is 0 Å². The molecule has 0 spiro atoms. The molecule has 3 heteroatoms. The van der Waals surface area contributed by atoms with E-state index in [1.54, 1.807) is 0 Å². The van der Waals surface area contributed by atoms with Crippen molar-refractivity contribution in [2.45, 2.75) is 0 Å². The quantitative estimate of drug-likeness (QED) is 0.152. The van der Waals surface area contributed by atoms with Gasteiger partial charge in [-0.3, -0.25) is 0 Å². The van der Waals surface area contributed by atoms with Crippen LogP contribution in [0.15, 0.2) is 259 Å². The maximum atomic E-state index is 6.40. The Morgan fingerprint density at radius 2 is 0.866 bits per heavy atom. The maximum absolute atomic E-state index is 6.40. The molecule has 0 aliphatic rings. The van der Waals surface area contributed by atoms with Gasteiger partial charge in [-0.1, -0.05) is 182 Å². The fourth-order valence-corrected chi connectivity index (χ4v) is 10.4. The number of hydrogen-bond acceptors (Lipinski definition) is 2. The molecule has 0 N–H and O–H groups in total. The van der Waals surface area contributed by atoms with Gasteiger partial charge in [0.25, 0.3) is 0 Å². The second-order valence-electron chi connectivity index (χ2n) is 17.2. The Hall–Kier alpha value is -8.92. The van der Waals surface area contributed by atoms with Crippen LogP contribution in [0.25, 0.3) is 105 Å². The highest BCUT2D eigenvalue weighted by molar-refractivity contribution is 6.16. The molecule has 67 heavy (non-hydrogen) atoms. The molecule has 0 fully saturated rings. The first-order chi connectivity index (χ1) is 33.2. The Morgan fingerprint density at radius 1 is 0.313 bits per heavy atom. The molecule has 11 aromatic carbocycles. The fourth-order valence-electron chi connectivity index (χ4n) is 10.4. The van der Waals surface area contributed by atoms with E-state index < -0.39 is 0 Å². The molecular formula is C64H42N2O. The van der Waals surface area contributed by atoms with E-state index in [1.807, 2.05) is 12.1 Å². The lowest BCUT2D eigenvalue weighted by Crippen LogP contribution is -2.11. The molecular weight excluding hydrogens is 813 g/mol. The number of para-hydroxylation sites is 4. The summed E-state index contributed by atoms with van der Waals surface area (Å²) < 4.78 is 8.79. The van der Waals surface area contributed by atoms with E-state index >= 15 is 0 Å². The molecule has 0 saturated carbocycles. The van der Waals surface area contributed by atoms with Crippen LogP contribution in [0.4, 0.5) is 17.1 Å². The molecule has 2 heterocycles. The predicted molar refractivity (Wildman–Crippen MR) is 282 cm³/mol. The van der Waals surface area contributed by atoms with E-state index in [1.165, 1.54) is 54.8 Å². The monoisotopic (exact) mass is 854 g/mol. The topological polar surface area (TPSA) is 21.3 Å². The average molecular weight is 855 g/mol. The Morgan fingerprint density at radius 3 is 1.69 bits per heavy atom. The first-order valence-electron chi connectivity index (χ1n) is 22.9. The zero-order valence-electron chi connectivity index (χ0n) is 36.6. The molecule has 0 aliphatic heterocycles. The van der Waals surface area contributed by atoms with E-state index in [2.05, 4.69) is 252 Å². The summed E-state index contributed by atoms with van der Waals surface area (Å²) in [5, 5.41) is 7.14. The Balaban J connectivity index is 1.03. The minimum Gasteiger partial charge on any atom is -0.456 e. The van der Waals surface area contributed by atoms with Crippen LogP contribution in [0.2, 0.25) is 0 Å². The zero-order valence-corrected chi connectivity index (χ0v) is 36.6. The number of nitrogens with zero attached hydrogens (tertiary/aromatic N) is 2. The normalized spacial score (nSPS) is 11.6. The summed E-state index contributed by atoms with van der Waals surface area (Å²) in [4.78, 5) is 2.44. The van der Waals surface area contributed by atoms with Crippen molar-refractivity contribution in [3.63, 3.8) is 0 Å². The highest BCUT2D eigenvalue weighted by atomic mass is 16.3. The molecule has 0 aliphatic carbocycles. The van der Waals surface area contributed by atoms with Crippen LogP contribution in [0, 0.1) is 0 Å². The van der Waals surface area contributed by atoms with Gasteiger partial charge in [-0.15, -0.1) is 0 Å². The van der Waals surface area contributed by atoms with Crippen molar-refractivity contribution in [3.8, 4) is 50.2 Å². The maximum Gasteiger partial charge on any atom is 0.136 e. The second kappa shape index (κ2) is 16.0. The Kier molecular flexibility index (Phi) is 9.17. The molecule has 0 amide bonds. The van der Waals surface area contributed by atoms with Gasteiger partial charge >= 0.3 is 0 Å². The third-order valence-corrected chi connectivity index (χ3v) is 13.4. The number of furan rings is 1. The molecule has 0 unspecified atom stereocenters. The van der Waals surface area contributed by atoms with E-state index in [9.17, 15) is 0 Å². The van der Waals surface area contributed by atoms with E-state index in [0.717, 1.165) is 66.9 Å². The summed E-state index contributed by atoms with van der Waals surface area (Å²) in [5.74, 6) is 0. The summed E-state index contributed by atoms with van der Waals surface area (Å²) in [5.41, 5.74) is 17.7. The SMILES string of the molecule is c1ccc(-c2cccc3cccc(-c4ccccc4N(c4cccc(-c5ccc6c(c5)oc5ccccc56)c4)c4cccc(-c5cccc6c5c5ccccc5n6-c5ccccc5)c4)c23)cc1. The Labute approximate surface area is 388 Å². The first-order valence-corrected chi connectivity index (χ1v) is 22.9. The van der Waals surface area contributed by atoms with Crippen LogP contribution >= 0.6 is 0 Å². The first kappa shape index (κ1) is 38.5. The highest BCUT2D eigenvalue weighted by Crippen LogP contribution is 2.47. The van der Waals surface area contributed by atoms with Crippen molar-refractivity contribution in [1.82, 2.24) is 4.57 Å². The molecule has 314 valence electrons. The molecule has 0 bridgehead atoms. The standard InChI is InChI=1S/C64H42N2O/c1-3-18-43(19-4-1)51-31-15-20-44-21-16-33-56(63(44)51)53-28-7-10-34-58(53)65(49-26-13-22-45(40-49)46-38-39-55-54-29-9-12-37-61(54)67-62(55)42-46)50-27-14-23-47(41-50)52-32-17-36-60-64(52)57-30-8-11-35-59(57)66(60)48-24-5-2-6-25-48/h1-42H. The third-order valence-electron chi connectivity index (χ3n) is 13.4.